The molecule has 0 aromatic heterocycles. The molecule has 0 saturated heterocycles. The molecule has 0 saturated carbocycles. The minimum Gasteiger partial charge on any atom is -0.445 e. The molecule has 8 heteroatoms. The molecule has 0 fully saturated rings. The number of amides is 2. The van der Waals surface area contributed by atoms with Crippen LogP contribution >= 0.6 is 0 Å². The minimum absolute atomic E-state index is 0.0343. The van der Waals surface area contributed by atoms with Crippen LogP contribution in [0.3, 0.4) is 0 Å². The van der Waals surface area contributed by atoms with Gasteiger partial charge in [0.2, 0.25) is 0 Å². The number of rotatable bonds is 7. The largest absolute Gasteiger partial charge is 0.445 e. The van der Waals surface area contributed by atoms with Crippen LogP contribution in [0.4, 0.5) is 9.59 Å². The first-order chi connectivity index (χ1) is 14.2. The highest BCUT2D eigenvalue weighted by atomic mass is 16.6. The molecular weight excluding hydrogens is 388 g/mol. The molecule has 0 unspecified atom stereocenters. The zero-order valence-corrected chi connectivity index (χ0v) is 17.2. The molecule has 0 radical (unpaired) electrons. The molecule has 2 N–H and O–H groups in total. The van der Waals surface area contributed by atoms with Crippen LogP contribution in [-0.4, -0.2) is 36.3 Å². The van der Waals surface area contributed by atoms with Gasteiger partial charge < -0.3 is 24.8 Å². The molecule has 2 aromatic rings. The Hall–Kier alpha value is -3.55. The molecule has 1 atom stereocenters. The number of nitrogens with one attached hydrogen (secondary N) is 2. The number of ether oxygens (including phenoxy) is 3. The molecule has 0 aliphatic heterocycles. The molecule has 30 heavy (non-hydrogen) atoms. The van der Waals surface area contributed by atoms with Gasteiger partial charge in [-0.3, -0.25) is 0 Å². The van der Waals surface area contributed by atoms with Gasteiger partial charge in [0.15, 0.2) is 0 Å². The predicted octanol–water partition coefficient (Wildman–Crippen LogP) is 3.41. The van der Waals surface area contributed by atoms with Gasteiger partial charge in [0.25, 0.3) is 0 Å². The van der Waals surface area contributed by atoms with Crippen LogP contribution in [0.5, 0.6) is 5.75 Å². The van der Waals surface area contributed by atoms with E-state index in [2.05, 4.69) is 10.6 Å². The average molecular weight is 414 g/mol. The van der Waals surface area contributed by atoms with Gasteiger partial charge in [-0.1, -0.05) is 48.5 Å². The van der Waals surface area contributed by atoms with Crippen molar-refractivity contribution >= 4 is 18.2 Å². The Morgan fingerprint density at radius 2 is 1.50 bits per heavy atom. The second-order valence-corrected chi connectivity index (χ2v) is 7.38. The van der Waals surface area contributed by atoms with Crippen LogP contribution in [0.15, 0.2) is 60.7 Å². The van der Waals surface area contributed by atoms with Crippen LogP contribution < -0.4 is 15.4 Å². The van der Waals surface area contributed by atoms with E-state index in [0.29, 0.717) is 5.75 Å². The van der Waals surface area contributed by atoms with Crippen molar-refractivity contribution in [2.45, 2.75) is 39.0 Å². The van der Waals surface area contributed by atoms with Crippen molar-refractivity contribution in [3.63, 3.8) is 0 Å². The lowest BCUT2D eigenvalue weighted by atomic mass is 10.2. The Morgan fingerprint density at radius 3 is 2.10 bits per heavy atom. The normalized spacial score (nSPS) is 11.7. The van der Waals surface area contributed by atoms with Gasteiger partial charge in [0, 0.05) is 0 Å². The summed E-state index contributed by atoms with van der Waals surface area (Å²) < 4.78 is 15.6. The van der Waals surface area contributed by atoms with Gasteiger partial charge in [-0.15, -0.1) is 0 Å². The third-order valence-electron chi connectivity index (χ3n) is 3.60. The maximum Gasteiger partial charge on any atom is 0.408 e. The average Bonchev–Trinajstić information content (AvgIpc) is 2.69. The first-order valence-electron chi connectivity index (χ1n) is 9.44. The molecule has 0 heterocycles. The summed E-state index contributed by atoms with van der Waals surface area (Å²) in [6.07, 6.45) is -1.54. The van der Waals surface area contributed by atoms with Gasteiger partial charge in [-0.25, -0.2) is 14.4 Å². The fourth-order valence-electron chi connectivity index (χ4n) is 2.28. The number of alkyl carbamates (subject to hydrolysis) is 2. The summed E-state index contributed by atoms with van der Waals surface area (Å²) in [5, 5.41) is 4.87. The van der Waals surface area contributed by atoms with Crippen molar-refractivity contribution in [1.29, 1.82) is 0 Å². The molecule has 0 aliphatic carbocycles. The van der Waals surface area contributed by atoms with Crippen LogP contribution in [0, 0.1) is 0 Å². The van der Waals surface area contributed by atoms with Gasteiger partial charge in [0.1, 0.15) is 24.0 Å². The monoisotopic (exact) mass is 414 g/mol. The molecule has 2 amide bonds. The van der Waals surface area contributed by atoms with E-state index in [4.69, 9.17) is 14.2 Å². The highest BCUT2D eigenvalue weighted by molar-refractivity contribution is 5.83. The van der Waals surface area contributed by atoms with Crippen molar-refractivity contribution in [1.82, 2.24) is 10.6 Å². The molecule has 0 bridgehead atoms. The highest BCUT2D eigenvalue weighted by Crippen LogP contribution is 2.10. The molecule has 160 valence electrons. The zero-order chi connectivity index (χ0) is 22.0. The van der Waals surface area contributed by atoms with Gasteiger partial charge in [0.05, 0.1) is 6.54 Å². The topological polar surface area (TPSA) is 103 Å². The highest BCUT2D eigenvalue weighted by Gasteiger charge is 2.26. The van der Waals surface area contributed by atoms with Crippen LogP contribution in [-0.2, 0) is 20.9 Å². The second kappa shape index (κ2) is 10.8. The molecule has 2 rings (SSSR count). The summed E-state index contributed by atoms with van der Waals surface area (Å²) in [7, 11) is 0. The molecule has 0 aliphatic rings. The van der Waals surface area contributed by atoms with Crippen LogP contribution in [0.25, 0.3) is 0 Å². The number of hydrogen-bond donors (Lipinski definition) is 2. The summed E-state index contributed by atoms with van der Waals surface area (Å²) in [5.74, 6) is -0.446. The summed E-state index contributed by atoms with van der Waals surface area (Å²) >= 11 is 0. The lowest BCUT2D eigenvalue weighted by molar-refractivity contribution is -0.136. The Kier molecular flexibility index (Phi) is 8.22. The maximum absolute atomic E-state index is 12.5. The van der Waals surface area contributed by atoms with Crippen molar-refractivity contribution in [2.24, 2.45) is 0 Å². The number of para-hydroxylation sites is 1. The van der Waals surface area contributed by atoms with Gasteiger partial charge in [-0.05, 0) is 38.5 Å². The molecular formula is C22H26N2O6. The third kappa shape index (κ3) is 8.64. The second-order valence-electron chi connectivity index (χ2n) is 7.38. The Morgan fingerprint density at radius 1 is 0.900 bits per heavy atom. The standard InChI is InChI=1S/C22H26N2O6/c1-22(2,3)30-20(26)23-14-18(19(25)29-17-12-8-5-9-13-17)24-21(27)28-15-16-10-6-4-7-11-16/h4-13,18H,14-15H2,1-3H3,(H,23,26)(H,24,27)/t18-/m1/s1. The molecule has 2 aromatic carbocycles. The Labute approximate surface area is 175 Å². The number of benzene rings is 2. The summed E-state index contributed by atoms with van der Waals surface area (Å²) in [6, 6.07) is 16.3. The maximum atomic E-state index is 12.5. The quantitative estimate of drug-likeness (QED) is 0.532. The number of carbonyl (C=O) groups is 3. The van der Waals surface area contributed by atoms with E-state index >= 15 is 0 Å². The SMILES string of the molecule is CC(C)(C)OC(=O)NC[C@@H](NC(=O)OCc1ccccc1)C(=O)Oc1ccccc1. The lowest BCUT2D eigenvalue weighted by Crippen LogP contribution is -2.50. The lowest BCUT2D eigenvalue weighted by Gasteiger charge is -2.22. The van der Waals surface area contributed by atoms with E-state index in [1.807, 2.05) is 18.2 Å². The van der Waals surface area contributed by atoms with Crippen molar-refractivity contribution < 1.29 is 28.6 Å². The fraction of sp³-hybridized carbons (Fsp3) is 0.318. The number of carbonyl (C=O) groups excluding carboxylic acids is 3. The summed E-state index contributed by atoms with van der Waals surface area (Å²) in [6.45, 7) is 4.94. The smallest absolute Gasteiger partial charge is 0.408 e. The van der Waals surface area contributed by atoms with Gasteiger partial charge in [-0.2, -0.15) is 0 Å². The molecule has 0 spiro atoms. The molecule has 8 nitrogen and oxygen atoms in total. The zero-order valence-electron chi connectivity index (χ0n) is 17.2. The first-order valence-corrected chi connectivity index (χ1v) is 9.44. The van der Waals surface area contributed by atoms with E-state index < -0.39 is 29.8 Å². The Balaban J connectivity index is 1.97. The Bertz CT molecular complexity index is 834. The van der Waals surface area contributed by atoms with Crippen LogP contribution in [0.1, 0.15) is 26.3 Å². The first kappa shape index (κ1) is 22.7. The predicted molar refractivity (Wildman–Crippen MR) is 110 cm³/mol. The number of hydrogen-bond acceptors (Lipinski definition) is 6. The van der Waals surface area contributed by atoms with E-state index in [1.165, 1.54) is 0 Å². The van der Waals surface area contributed by atoms with E-state index in [9.17, 15) is 14.4 Å². The van der Waals surface area contributed by atoms with Crippen molar-refractivity contribution in [3.8, 4) is 5.75 Å². The van der Waals surface area contributed by atoms with Crippen molar-refractivity contribution in [2.75, 3.05) is 6.54 Å². The number of esters is 1. The van der Waals surface area contributed by atoms with E-state index in [-0.39, 0.29) is 13.2 Å². The van der Waals surface area contributed by atoms with Gasteiger partial charge >= 0.3 is 18.2 Å². The minimum atomic E-state index is -1.18. The van der Waals surface area contributed by atoms with Crippen molar-refractivity contribution in [3.05, 3.63) is 66.2 Å². The van der Waals surface area contributed by atoms with E-state index in [0.717, 1.165) is 5.56 Å². The fourth-order valence-corrected chi connectivity index (χ4v) is 2.28. The summed E-state index contributed by atoms with van der Waals surface area (Å²) in [4.78, 5) is 36.6. The van der Waals surface area contributed by atoms with E-state index in [1.54, 1.807) is 63.2 Å². The summed E-state index contributed by atoms with van der Waals surface area (Å²) in [5.41, 5.74) is 0.0922. The third-order valence-corrected chi connectivity index (χ3v) is 3.60. The van der Waals surface area contributed by atoms with Crippen LogP contribution in [0.2, 0.25) is 0 Å².